The van der Waals surface area contributed by atoms with Gasteiger partial charge in [0.2, 0.25) is 5.78 Å². The number of hydrogen-bond acceptors (Lipinski definition) is 2. The number of rotatable bonds is 3. The first kappa shape index (κ1) is 22.8. The van der Waals surface area contributed by atoms with Crippen LogP contribution in [-0.4, -0.2) is 17.7 Å². The average molecular weight is 420 g/mol. The molecule has 0 amide bonds. The lowest BCUT2D eigenvalue weighted by Gasteiger charge is -2.20. The van der Waals surface area contributed by atoms with E-state index in [2.05, 4.69) is 0 Å². The Hall–Kier alpha value is -2.28. The molecule has 0 fully saturated rings. The number of Topliss-reactive ketones (excluding diaryl/α,β-unsaturated/α-hetero) is 2. The molecule has 14 heteroatoms. The lowest BCUT2D eigenvalue weighted by Crippen LogP contribution is -2.28. The second-order valence-electron chi connectivity index (χ2n) is 4.96. The van der Waals surface area contributed by atoms with Gasteiger partial charge in [0.25, 0.3) is 0 Å². The molecule has 0 unspecified atom stereocenters. The number of halogens is 12. The Morgan fingerprint density at radius 3 is 1.30 bits per heavy atom. The molecule has 0 bridgehead atoms. The number of carbonyl (C=O) groups is 2. The van der Waals surface area contributed by atoms with Gasteiger partial charge in [0.1, 0.15) is 0 Å². The van der Waals surface area contributed by atoms with E-state index in [9.17, 15) is 62.3 Å². The SMILES string of the molecule is O=C(CC(=O)C(F)(F)F)c1c(C(F)(F)F)cc(C(F)(F)F)cc1C(F)(F)F. The zero-order valence-electron chi connectivity index (χ0n) is 12.2. The van der Waals surface area contributed by atoms with Crippen LogP contribution < -0.4 is 0 Å². The van der Waals surface area contributed by atoms with E-state index in [1.807, 2.05) is 0 Å². The fraction of sp³-hybridized carbons (Fsp3) is 0.385. The Bertz CT molecular complexity index is 714. The first-order valence-electron chi connectivity index (χ1n) is 6.29. The molecule has 0 aromatic heterocycles. The summed E-state index contributed by atoms with van der Waals surface area (Å²) in [6, 6.07) is -1.69. The molecule has 1 aromatic rings. The zero-order valence-corrected chi connectivity index (χ0v) is 12.2. The molecular formula is C13H4F12O2. The zero-order chi connectivity index (χ0) is 21.6. The Morgan fingerprint density at radius 2 is 1.04 bits per heavy atom. The van der Waals surface area contributed by atoms with Gasteiger partial charge in [-0.1, -0.05) is 0 Å². The van der Waals surface area contributed by atoms with Gasteiger partial charge in [0.05, 0.1) is 23.1 Å². The van der Waals surface area contributed by atoms with Crippen molar-refractivity contribution in [2.75, 3.05) is 0 Å². The van der Waals surface area contributed by atoms with Crippen molar-refractivity contribution in [1.82, 2.24) is 0 Å². The summed E-state index contributed by atoms with van der Waals surface area (Å²) in [4.78, 5) is 22.3. The fourth-order valence-corrected chi connectivity index (χ4v) is 1.89. The normalized spacial score (nSPS) is 13.6. The van der Waals surface area contributed by atoms with Gasteiger partial charge < -0.3 is 0 Å². The number of ketones is 2. The molecule has 0 atom stereocenters. The van der Waals surface area contributed by atoms with Gasteiger partial charge in [-0.2, -0.15) is 52.7 Å². The molecule has 0 radical (unpaired) electrons. The molecule has 0 aliphatic carbocycles. The standard InChI is InChI=1S/C13H4F12O2/c14-10(15,16)4-1-5(11(17,18)19)9(6(2-4)12(20,21)22)7(26)3-8(27)13(23,24)25/h1-2H,3H2. The Labute approximate surface area is 140 Å². The first-order chi connectivity index (χ1) is 11.8. The van der Waals surface area contributed by atoms with Crippen LogP contribution in [0.15, 0.2) is 12.1 Å². The highest BCUT2D eigenvalue weighted by atomic mass is 19.4. The molecule has 2 nitrogen and oxygen atoms in total. The molecule has 0 saturated carbocycles. The molecular weight excluding hydrogens is 416 g/mol. The maximum absolute atomic E-state index is 12.9. The van der Waals surface area contributed by atoms with Gasteiger partial charge >= 0.3 is 24.7 Å². The summed E-state index contributed by atoms with van der Waals surface area (Å²) in [7, 11) is 0. The molecule has 0 spiro atoms. The van der Waals surface area contributed by atoms with E-state index in [0.29, 0.717) is 0 Å². The van der Waals surface area contributed by atoms with Crippen LogP contribution in [0.4, 0.5) is 52.7 Å². The summed E-state index contributed by atoms with van der Waals surface area (Å²) in [6.45, 7) is 0. The van der Waals surface area contributed by atoms with Crippen LogP contribution in [0.5, 0.6) is 0 Å². The maximum Gasteiger partial charge on any atom is 0.450 e. The van der Waals surface area contributed by atoms with Crippen molar-refractivity contribution in [2.24, 2.45) is 0 Å². The van der Waals surface area contributed by atoms with Gasteiger partial charge in [0, 0.05) is 5.56 Å². The van der Waals surface area contributed by atoms with Crippen molar-refractivity contribution in [3.05, 3.63) is 34.4 Å². The molecule has 1 aromatic carbocycles. The highest BCUT2D eigenvalue weighted by molar-refractivity contribution is 6.11. The number of benzene rings is 1. The monoisotopic (exact) mass is 420 g/mol. The average Bonchev–Trinajstić information content (AvgIpc) is 2.41. The minimum Gasteiger partial charge on any atom is -0.294 e. The predicted molar refractivity (Wildman–Crippen MR) is 61.5 cm³/mol. The predicted octanol–water partition coefficient (Wildman–Crippen LogP) is 5.45. The van der Waals surface area contributed by atoms with E-state index in [0.717, 1.165) is 0 Å². The van der Waals surface area contributed by atoms with Crippen molar-refractivity contribution in [2.45, 2.75) is 31.1 Å². The number of hydrogen-bond donors (Lipinski definition) is 0. The lowest BCUT2D eigenvalue weighted by molar-refractivity contribution is -0.170. The van der Waals surface area contributed by atoms with Crippen LogP contribution in [-0.2, 0) is 23.3 Å². The molecule has 0 N–H and O–H groups in total. The van der Waals surface area contributed by atoms with Gasteiger partial charge in [-0.15, -0.1) is 0 Å². The van der Waals surface area contributed by atoms with Crippen LogP contribution in [0, 0.1) is 0 Å². The van der Waals surface area contributed by atoms with Crippen LogP contribution in [0.25, 0.3) is 0 Å². The van der Waals surface area contributed by atoms with Gasteiger partial charge in [-0.3, -0.25) is 9.59 Å². The van der Waals surface area contributed by atoms with Crippen molar-refractivity contribution in [3.63, 3.8) is 0 Å². The lowest BCUT2D eigenvalue weighted by atomic mass is 9.91. The molecule has 0 aliphatic rings. The summed E-state index contributed by atoms with van der Waals surface area (Å²) in [5.41, 5.74) is -10.4. The van der Waals surface area contributed by atoms with Crippen LogP contribution in [0.2, 0.25) is 0 Å². The summed E-state index contributed by atoms with van der Waals surface area (Å²) in [5.74, 6) is -5.54. The fourth-order valence-electron chi connectivity index (χ4n) is 1.89. The smallest absolute Gasteiger partial charge is 0.294 e. The molecule has 152 valence electrons. The van der Waals surface area contributed by atoms with Gasteiger partial charge in [0.15, 0.2) is 5.78 Å². The summed E-state index contributed by atoms with van der Waals surface area (Å²) >= 11 is 0. The second-order valence-corrected chi connectivity index (χ2v) is 4.96. The minimum atomic E-state index is -5.96. The van der Waals surface area contributed by atoms with Crippen LogP contribution in [0.1, 0.15) is 33.5 Å². The number of alkyl halides is 12. The third-order valence-corrected chi connectivity index (χ3v) is 2.99. The van der Waals surface area contributed by atoms with E-state index in [4.69, 9.17) is 0 Å². The molecule has 0 heterocycles. The van der Waals surface area contributed by atoms with Crippen molar-refractivity contribution in [3.8, 4) is 0 Å². The largest absolute Gasteiger partial charge is 0.450 e. The minimum absolute atomic E-state index is 0.847. The molecule has 27 heavy (non-hydrogen) atoms. The Kier molecular flexibility index (Phi) is 5.66. The molecule has 0 saturated heterocycles. The van der Waals surface area contributed by atoms with Crippen LogP contribution >= 0.6 is 0 Å². The third kappa shape index (κ3) is 5.35. The first-order valence-corrected chi connectivity index (χ1v) is 6.29. The third-order valence-electron chi connectivity index (χ3n) is 2.99. The van der Waals surface area contributed by atoms with Gasteiger partial charge in [-0.05, 0) is 12.1 Å². The molecule has 0 aliphatic heterocycles. The van der Waals surface area contributed by atoms with E-state index in [1.54, 1.807) is 0 Å². The summed E-state index contributed by atoms with van der Waals surface area (Å²) in [6.07, 6.45) is -25.8. The van der Waals surface area contributed by atoms with Crippen molar-refractivity contribution >= 4 is 11.6 Å². The van der Waals surface area contributed by atoms with E-state index < -0.39 is 77.1 Å². The van der Waals surface area contributed by atoms with E-state index >= 15 is 0 Å². The van der Waals surface area contributed by atoms with Crippen LogP contribution in [0.3, 0.4) is 0 Å². The second kappa shape index (κ2) is 6.71. The van der Waals surface area contributed by atoms with Crippen molar-refractivity contribution < 1.29 is 62.3 Å². The Balaban J connectivity index is 3.80. The van der Waals surface area contributed by atoms with Crippen molar-refractivity contribution in [1.29, 1.82) is 0 Å². The summed E-state index contributed by atoms with van der Waals surface area (Å²) < 4.78 is 152. The Morgan fingerprint density at radius 1 is 0.667 bits per heavy atom. The maximum atomic E-state index is 12.9. The van der Waals surface area contributed by atoms with E-state index in [-0.39, 0.29) is 0 Å². The van der Waals surface area contributed by atoms with Gasteiger partial charge in [-0.25, -0.2) is 0 Å². The highest BCUT2D eigenvalue weighted by Crippen LogP contribution is 2.44. The summed E-state index contributed by atoms with van der Waals surface area (Å²) in [5, 5.41) is 0. The quantitative estimate of drug-likeness (QED) is 0.371. The topological polar surface area (TPSA) is 34.1 Å². The van der Waals surface area contributed by atoms with E-state index in [1.165, 1.54) is 0 Å². The molecule has 1 rings (SSSR count). The highest BCUT2D eigenvalue weighted by Gasteiger charge is 2.47. The number of carbonyl (C=O) groups excluding carboxylic acids is 2.